The third-order valence-electron chi connectivity index (χ3n) is 8.29. The van der Waals surface area contributed by atoms with Crippen molar-refractivity contribution in [2.45, 2.75) is 37.8 Å². The zero-order valence-electron chi connectivity index (χ0n) is 25.2. The number of rotatable bonds is 13. The number of nitrogens with zero attached hydrogens (tertiary/aromatic N) is 2. The van der Waals surface area contributed by atoms with Crippen LogP contribution in [0.25, 0.3) is 5.57 Å². The molecule has 2 amide bonds. The molecule has 2 aliphatic heterocycles. The molecule has 45 heavy (non-hydrogen) atoms. The van der Waals surface area contributed by atoms with Crippen molar-refractivity contribution in [1.82, 2.24) is 15.1 Å². The second kappa shape index (κ2) is 15.4. The molecule has 5 rings (SSSR count). The van der Waals surface area contributed by atoms with Crippen LogP contribution in [0.15, 0.2) is 78.4 Å². The Morgan fingerprint density at radius 2 is 1.71 bits per heavy atom. The Bertz CT molecular complexity index is 1540. The fraction of sp³-hybridized carbons (Fsp3) is 0.343. The predicted molar refractivity (Wildman–Crippen MR) is 175 cm³/mol. The second-order valence-corrected chi connectivity index (χ2v) is 12.2. The van der Waals surface area contributed by atoms with E-state index in [0.717, 1.165) is 29.5 Å². The van der Waals surface area contributed by atoms with Crippen molar-refractivity contribution in [3.8, 4) is 5.75 Å². The van der Waals surface area contributed by atoms with Crippen molar-refractivity contribution < 1.29 is 23.9 Å². The number of hydrogen-bond donors (Lipinski definition) is 1. The van der Waals surface area contributed by atoms with Gasteiger partial charge in [-0.1, -0.05) is 77.8 Å². The van der Waals surface area contributed by atoms with Gasteiger partial charge in [0.2, 0.25) is 0 Å². The zero-order valence-corrected chi connectivity index (χ0v) is 26.7. The van der Waals surface area contributed by atoms with Gasteiger partial charge in [0.05, 0.1) is 17.7 Å². The molecule has 1 fully saturated rings. The highest BCUT2D eigenvalue weighted by Gasteiger charge is 2.40. The topological polar surface area (TPSA) is 88.2 Å². The fourth-order valence-corrected chi connectivity index (χ4v) is 6.38. The lowest BCUT2D eigenvalue weighted by Gasteiger charge is -2.44. The molecule has 236 valence electrons. The maximum absolute atomic E-state index is 14.1. The third-order valence-corrected chi connectivity index (χ3v) is 8.97. The average molecular weight is 651 g/mol. The van der Waals surface area contributed by atoms with Crippen molar-refractivity contribution in [2.24, 2.45) is 0 Å². The molecule has 1 saturated heterocycles. The summed E-state index contributed by atoms with van der Waals surface area (Å²) in [5, 5.41) is 4.85. The van der Waals surface area contributed by atoms with Gasteiger partial charge < -0.3 is 24.6 Å². The maximum Gasteiger partial charge on any atom is 0.293 e. The van der Waals surface area contributed by atoms with E-state index in [1.165, 1.54) is 5.56 Å². The van der Waals surface area contributed by atoms with Gasteiger partial charge in [0, 0.05) is 43.3 Å². The quantitative estimate of drug-likeness (QED) is 0.202. The normalized spacial score (nSPS) is 17.5. The summed E-state index contributed by atoms with van der Waals surface area (Å²) < 4.78 is 10.6. The molecule has 2 aliphatic rings. The van der Waals surface area contributed by atoms with Crippen LogP contribution in [0, 0.1) is 0 Å². The molecule has 0 aliphatic carbocycles. The third kappa shape index (κ3) is 8.25. The number of fused-ring (bicyclic) bond motifs is 2. The first kappa shape index (κ1) is 32.5. The highest BCUT2D eigenvalue weighted by molar-refractivity contribution is 6.32. The maximum atomic E-state index is 14.1. The lowest BCUT2D eigenvalue weighted by molar-refractivity contribution is -0.144. The van der Waals surface area contributed by atoms with Crippen molar-refractivity contribution in [2.75, 3.05) is 39.9 Å². The van der Waals surface area contributed by atoms with Gasteiger partial charge in [0.1, 0.15) is 5.75 Å². The lowest BCUT2D eigenvalue weighted by atomic mass is 9.82. The molecule has 10 heteroatoms. The van der Waals surface area contributed by atoms with Gasteiger partial charge in [-0.2, -0.15) is 0 Å². The monoisotopic (exact) mass is 649 g/mol. The number of aryl methyl sites for hydroxylation is 1. The van der Waals surface area contributed by atoms with E-state index in [1.54, 1.807) is 16.8 Å². The van der Waals surface area contributed by atoms with Crippen LogP contribution >= 0.6 is 23.2 Å². The van der Waals surface area contributed by atoms with E-state index < -0.39 is 0 Å². The van der Waals surface area contributed by atoms with E-state index in [0.29, 0.717) is 60.5 Å². The van der Waals surface area contributed by atoms with Gasteiger partial charge in [-0.3, -0.25) is 14.4 Å². The number of nitrogens with one attached hydrogen (secondary N) is 1. The number of halogens is 2. The van der Waals surface area contributed by atoms with E-state index >= 15 is 0 Å². The second-order valence-electron chi connectivity index (χ2n) is 11.4. The number of likely N-dealkylation sites (N-methyl/N-ethyl adjacent to an activating group) is 1. The first-order chi connectivity index (χ1) is 21.8. The van der Waals surface area contributed by atoms with Gasteiger partial charge in [0.15, 0.2) is 6.61 Å². The van der Waals surface area contributed by atoms with Crippen LogP contribution in [0.2, 0.25) is 10.0 Å². The molecule has 3 aromatic rings. The Morgan fingerprint density at radius 3 is 2.44 bits per heavy atom. The summed E-state index contributed by atoms with van der Waals surface area (Å²) in [5.74, 6) is 0.319. The molecule has 0 saturated carbocycles. The van der Waals surface area contributed by atoms with Crippen LogP contribution in [0.5, 0.6) is 5.75 Å². The number of carbonyl (C=O) groups excluding carboxylic acids is 3. The number of carbonyl (C=O) groups is 3. The summed E-state index contributed by atoms with van der Waals surface area (Å²) in [6.45, 7) is 1.78. The number of amides is 2. The van der Waals surface area contributed by atoms with Crippen molar-refractivity contribution in [3.63, 3.8) is 0 Å². The SMILES string of the molecule is CN(CCc1ccccc1Cl)C(=O)C1=C(c2ccc(CCCOc3ccccc3Cl)cc2)CC2CN(C(=O)COC=O)CC1N2. The summed E-state index contributed by atoms with van der Waals surface area (Å²) in [6, 6.07) is 23.1. The highest BCUT2D eigenvalue weighted by Crippen LogP contribution is 2.34. The Kier molecular flexibility index (Phi) is 11.2. The van der Waals surface area contributed by atoms with E-state index in [4.69, 9.17) is 32.7 Å². The Labute approximate surface area is 273 Å². The summed E-state index contributed by atoms with van der Waals surface area (Å²) in [7, 11) is 1.80. The Hall–Kier alpha value is -3.85. The molecule has 2 atom stereocenters. The standard InChI is InChI=1S/C35H37Cl2N3O5/c1-39(17-16-26-8-2-3-9-29(26)36)35(43)34-28(19-27-20-40(21-31(34)38-27)33(42)22-44-23-41)25-14-12-24(13-15-25)7-6-18-45-32-11-5-4-10-30(32)37/h2-5,8-15,23,27,31,38H,6-7,16-22H2,1H3. The largest absolute Gasteiger partial charge is 0.492 e. The molecule has 0 aromatic heterocycles. The average Bonchev–Trinajstić information content (AvgIpc) is 3.05. The minimum absolute atomic E-state index is 0.0365. The molecular weight excluding hydrogens is 613 g/mol. The Morgan fingerprint density at radius 1 is 0.978 bits per heavy atom. The van der Waals surface area contributed by atoms with E-state index in [-0.39, 0.29) is 37.0 Å². The van der Waals surface area contributed by atoms with Gasteiger partial charge in [-0.15, -0.1) is 0 Å². The van der Waals surface area contributed by atoms with Crippen molar-refractivity contribution >= 4 is 47.1 Å². The summed E-state index contributed by atoms with van der Waals surface area (Å²) >= 11 is 12.6. The summed E-state index contributed by atoms with van der Waals surface area (Å²) in [6.07, 6.45) is 2.87. The van der Waals surface area contributed by atoms with Gasteiger partial charge in [0.25, 0.3) is 18.3 Å². The van der Waals surface area contributed by atoms with Gasteiger partial charge in [-0.05, 0) is 66.1 Å². The van der Waals surface area contributed by atoms with Crippen molar-refractivity contribution in [1.29, 1.82) is 0 Å². The van der Waals surface area contributed by atoms with Gasteiger partial charge >= 0.3 is 0 Å². The molecule has 1 N–H and O–H groups in total. The van der Waals surface area contributed by atoms with Crippen LogP contribution in [-0.2, 0) is 32.0 Å². The minimum Gasteiger partial charge on any atom is -0.492 e. The van der Waals surface area contributed by atoms with Crippen molar-refractivity contribution in [3.05, 3.63) is 105 Å². The molecule has 2 heterocycles. The number of para-hydroxylation sites is 1. The number of piperazine rings is 1. The predicted octanol–water partition coefficient (Wildman–Crippen LogP) is 5.21. The number of ether oxygens (including phenoxy) is 2. The van der Waals surface area contributed by atoms with E-state index in [1.807, 2.05) is 48.5 Å². The molecular formula is C35H37Cl2N3O5. The highest BCUT2D eigenvalue weighted by atomic mass is 35.5. The number of benzene rings is 3. The summed E-state index contributed by atoms with van der Waals surface area (Å²) in [5.41, 5.74) is 4.79. The summed E-state index contributed by atoms with van der Waals surface area (Å²) in [4.78, 5) is 41.0. The first-order valence-electron chi connectivity index (χ1n) is 15.1. The first-order valence-corrected chi connectivity index (χ1v) is 15.9. The van der Waals surface area contributed by atoms with Crippen LogP contribution in [0.3, 0.4) is 0 Å². The zero-order chi connectivity index (χ0) is 31.8. The number of hydrogen-bond acceptors (Lipinski definition) is 6. The Balaban J connectivity index is 1.33. The molecule has 0 radical (unpaired) electrons. The van der Waals surface area contributed by atoms with E-state index in [9.17, 15) is 14.4 Å². The fourth-order valence-electron chi connectivity index (χ4n) is 5.96. The molecule has 2 unspecified atom stereocenters. The smallest absolute Gasteiger partial charge is 0.293 e. The molecule has 3 aromatic carbocycles. The van der Waals surface area contributed by atoms with Crippen LogP contribution in [-0.4, -0.2) is 80.1 Å². The minimum atomic E-state index is -0.357. The van der Waals surface area contributed by atoms with E-state index in [2.05, 4.69) is 29.6 Å². The lowest BCUT2D eigenvalue weighted by Crippen LogP contribution is -2.62. The van der Waals surface area contributed by atoms with Crippen LogP contribution < -0.4 is 10.1 Å². The van der Waals surface area contributed by atoms with Crippen LogP contribution in [0.1, 0.15) is 29.5 Å². The van der Waals surface area contributed by atoms with Crippen LogP contribution in [0.4, 0.5) is 0 Å². The molecule has 0 spiro atoms. The van der Waals surface area contributed by atoms with Gasteiger partial charge in [-0.25, -0.2) is 0 Å². The molecule has 2 bridgehead atoms. The molecule has 8 nitrogen and oxygen atoms in total.